The molecule has 2 unspecified atom stereocenters. The highest BCUT2D eigenvalue weighted by atomic mass is 16.2. The second-order valence-corrected chi connectivity index (χ2v) is 5.63. The molecule has 1 rings (SSSR count). The van der Waals surface area contributed by atoms with E-state index < -0.39 is 0 Å². The number of likely N-dealkylation sites (tertiary alicyclic amines) is 1. The first-order valence-electron chi connectivity index (χ1n) is 7.16. The van der Waals surface area contributed by atoms with E-state index in [1.54, 1.807) is 0 Å². The van der Waals surface area contributed by atoms with Crippen molar-refractivity contribution in [2.24, 2.45) is 11.8 Å². The third kappa shape index (κ3) is 4.58. The number of nitrogens with zero attached hydrogens (tertiary/aromatic N) is 2. The van der Waals surface area contributed by atoms with Crippen LogP contribution in [0.1, 0.15) is 26.2 Å². The van der Waals surface area contributed by atoms with Crippen molar-refractivity contribution in [1.29, 1.82) is 0 Å². The summed E-state index contributed by atoms with van der Waals surface area (Å²) in [5.41, 5.74) is 0. The first-order valence-corrected chi connectivity index (χ1v) is 7.16. The smallest absolute Gasteiger partial charge is 0.226 e. The van der Waals surface area contributed by atoms with Crippen LogP contribution in [0.3, 0.4) is 0 Å². The molecule has 0 aliphatic carbocycles. The standard InChI is InChI=1S/C14H29N3O/c1-5-13(10-15-2)14(18)17(4)9-7-12-6-8-16(3)11-12/h12-13,15H,5-11H2,1-4H3. The van der Waals surface area contributed by atoms with E-state index in [4.69, 9.17) is 0 Å². The highest BCUT2D eigenvalue weighted by Crippen LogP contribution is 2.18. The molecule has 4 heteroatoms. The van der Waals surface area contributed by atoms with Crippen LogP contribution in [0, 0.1) is 11.8 Å². The van der Waals surface area contributed by atoms with Gasteiger partial charge in [-0.1, -0.05) is 6.92 Å². The van der Waals surface area contributed by atoms with E-state index in [9.17, 15) is 4.79 Å². The molecule has 0 aromatic heterocycles. The summed E-state index contributed by atoms with van der Waals surface area (Å²) in [6.45, 7) is 6.17. The van der Waals surface area contributed by atoms with E-state index in [0.717, 1.165) is 31.8 Å². The summed E-state index contributed by atoms with van der Waals surface area (Å²) in [5, 5.41) is 3.10. The molecule has 2 atom stereocenters. The van der Waals surface area contributed by atoms with Gasteiger partial charge in [0.2, 0.25) is 5.91 Å². The average Bonchev–Trinajstić information content (AvgIpc) is 2.78. The number of amides is 1. The molecule has 1 fully saturated rings. The topological polar surface area (TPSA) is 35.6 Å². The van der Waals surface area contributed by atoms with Crippen LogP contribution < -0.4 is 5.32 Å². The summed E-state index contributed by atoms with van der Waals surface area (Å²) in [6, 6.07) is 0. The Kier molecular flexibility index (Phi) is 6.65. The molecule has 106 valence electrons. The molecular formula is C14H29N3O. The molecule has 0 spiro atoms. The number of hydrogen-bond donors (Lipinski definition) is 1. The maximum Gasteiger partial charge on any atom is 0.226 e. The minimum Gasteiger partial charge on any atom is -0.345 e. The van der Waals surface area contributed by atoms with Gasteiger partial charge in [-0.25, -0.2) is 0 Å². The van der Waals surface area contributed by atoms with Gasteiger partial charge in [-0.05, 0) is 45.8 Å². The maximum atomic E-state index is 12.2. The van der Waals surface area contributed by atoms with Gasteiger partial charge in [0.1, 0.15) is 0 Å². The maximum absolute atomic E-state index is 12.2. The fourth-order valence-corrected chi connectivity index (χ4v) is 2.71. The lowest BCUT2D eigenvalue weighted by atomic mass is 10.0. The Labute approximate surface area is 112 Å². The van der Waals surface area contributed by atoms with E-state index in [0.29, 0.717) is 5.91 Å². The Hall–Kier alpha value is -0.610. The molecule has 0 aromatic rings. The zero-order chi connectivity index (χ0) is 13.5. The SMILES string of the molecule is CCC(CNC)C(=O)N(C)CCC1CCN(C)C1. The van der Waals surface area contributed by atoms with Gasteiger partial charge in [-0.3, -0.25) is 4.79 Å². The molecule has 18 heavy (non-hydrogen) atoms. The van der Waals surface area contributed by atoms with Gasteiger partial charge >= 0.3 is 0 Å². The van der Waals surface area contributed by atoms with Gasteiger partial charge in [-0.15, -0.1) is 0 Å². The van der Waals surface area contributed by atoms with Gasteiger partial charge in [0.15, 0.2) is 0 Å². The Morgan fingerprint density at radius 1 is 1.56 bits per heavy atom. The van der Waals surface area contributed by atoms with Crippen molar-refractivity contribution in [3.63, 3.8) is 0 Å². The summed E-state index contributed by atoms with van der Waals surface area (Å²) >= 11 is 0. The van der Waals surface area contributed by atoms with Crippen LogP contribution in [-0.2, 0) is 4.79 Å². The van der Waals surface area contributed by atoms with E-state index in [1.807, 2.05) is 19.0 Å². The first kappa shape index (κ1) is 15.4. The van der Waals surface area contributed by atoms with Crippen LogP contribution in [0.5, 0.6) is 0 Å². The summed E-state index contributed by atoms with van der Waals surface area (Å²) in [6.07, 6.45) is 3.34. The Balaban J connectivity index is 2.30. The van der Waals surface area contributed by atoms with Crippen LogP contribution in [0.4, 0.5) is 0 Å². The molecular weight excluding hydrogens is 226 g/mol. The normalized spacial score (nSPS) is 22.1. The highest BCUT2D eigenvalue weighted by molar-refractivity contribution is 5.78. The van der Waals surface area contributed by atoms with Gasteiger partial charge in [-0.2, -0.15) is 0 Å². The molecule has 0 aromatic carbocycles. The zero-order valence-electron chi connectivity index (χ0n) is 12.4. The van der Waals surface area contributed by atoms with Gasteiger partial charge in [0.05, 0.1) is 5.92 Å². The van der Waals surface area contributed by atoms with Crippen LogP contribution >= 0.6 is 0 Å². The van der Waals surface area contributed by atoms with Crippen molar-refractivity contribution in [3.05, 3.63) is 0 Å². The number of nitrogens with one attached hydrogen (secondary N) is 1. The van der Waals surface area contributed by atoms with Crippen molar-refractivity contribution < 1.29 is 4.79 Å². The monoisotopic (exact) mass is 255 g/mol. The highest BCUT2D eigenvalue weighted by Gasteiger charge is 2.23. The summed E-state index contributed by atoms with van der Waals surface area (Å²) in [7, 11) is 6.03. The molecule has 0 saturated carbocycles. The largest absolute Gasteiger partial charge is 0.345 e. The quantitative estimate of drug-likeness (QED) is 0.738. The van der Waals surface area contributed by atoms with Gasteiger partial charge in [0, 0.05) is 26.7 Å². The van der Waals surface area contributed by atoms with E-state index in [2.05, 4.69) is 24.2 Å². The average molecular weight is 255 g/mol. The van der Waals surface area contributed by atoms with E-state index in [-0.39, 0.29) is 5.92 Å². The lowest BCUT2D eigenvalue weighted by Gasteiger charge is -2.24. The second-order valence-electron chi connectivity index (χ2n) is 5.63. The van der Waals surface area contributed by atoms with Crippen LogP contribution in [0.15, 0.2) is 0 Å². The summed E-state index contributed by atoms with van der Waals surface area (Å²) < 4.78 is 0. The van der Waals surface area contributed by atoms with Crippen molar-refractivity contribution >= 4 is 5.91 Å². The molecule has 1 aliphatic rings. The zero-order valence-corrected chi connectivity index (χ0v) is 12.4. The number of rotatable bonds is 7. The van der Waals surface area contributed by atoms with E-state index >= 15 is 0 Å². The summed E-state index contributed by atoms with van der Waals surface area (Å²) in [5.74, 6) is 1.19. The number of carbonyl (C=O) groups is 1. The lowest BCUT2D eigenvalue weighted by molar-refractivity contribution is -0.134. The van der Waals surface area contributed by atoms with Crippen LogP contribution in [0.25, 0.3) is 0 Å². The molecule has 1 amide bonds. The Morgan fingerprint density at radius 2 is 2.28 bits per heavy atom. The van der Waals surface area contributed by atoms with Crippen molar-refractivity contribution in [3.8, 4) is 0 Å². The minimum atomic E-state index is 0.131. The number of hydrogen-bond acceptors (Lipinski definition) is 3. The molecule has 1 saturated heterocycles. The van der Waals surface area contributed by atoms with Crippen LogP contribution in [0.2, 0.25) is 0 Å². The third-order valence-electron chi connectivity index (χ3n) is 4.03. The van der Waals surface area contributed by atoms with Crippen molar-refractivity contribution in [1.82, 2.24) is 15.1 Å². The molecule has 0 radical (unpaired) electrons. The van der Waals surface area contributed by atoms with E-state index in [1.165, 1.54) is 19.5 Å². The molecule has 4 nitrogen and oxygen atoms in total. The van der Waals surface area contributed by atoms with Gasteiger partial charge < -0.3 is 15.1 Å². The molecule has 1 N–H and O–H groups in total. The minimum absolute atomic E-state index is 0.131. The predicted molar refractivity (Wildman–Crippen MR) is 75.6 cm³/mol. The molecule has 0 bridgehead atoms. The fourth-order valence-electron chi connectivity index (χ4n) is 2.71. The fraction of sp³-hybridized carbons (Fsp3) is 0.929. The predicted octanol–water partition coefficient (Wildman–Crippen LogP) is 1.03. The van der Waals surface area contributed by atoms with Crippen molar-refractivity contribution in [2.75, 3.05) is 47.3 Å². The number of carbonyl (C=O) groups excluding carboxylic acids is 1. The second kappa shape index (κ2) is 7.74. The lowest BCUT2D eigenvalue weighted by Crippen LogP contribution is -2.38. The summed E-state index contributed by atoms with van der Waals surface area (Å²) in [4.78, 5) is 16.5. The molecule has 1 aliphatic heterocycles. The van der Waals surface area contributed by atoms with Crippen molar-refractivity contribution in [2.45, 2.75) is 26.2 Å². The Bertz CT molecular complexity index is 257. The van der Waals surface area contributed by atoms with Gasteiger partial charge in [0.25, 0.3) is 0 Å². The third-order valence-corrected chi connectivity index (χ3v) is 4.03. The first-order chi connectivity index (χ1) is 8.58. The Morgan fingerprint density at radius 3 is 2.78 bits per heavy atom. The van der Waals surface area contributed by atoms with Crippen LogP contribution in [-0.4, -0.2) is 63.0 Å². The molecule has 1 heterocycles.